The molecule has 1 aromatic carbocycles. The van der Waals surface area contributed by atoms with Crippen molar-refractivity contribution >= 4 is 22.8 Å². The molecule has 1 saturated carbocycles. The van der Waals surface area contributed by atoms with Crippen molar-refractivity contribution in [2.45, 2.75) is 50.9 Å². The van der Waals surface area contributed by atoms with Gasteiger partial charge in [-0.2, -0.15) is 0 Å². The van der Waals surface area contributed by atoms with Gasteiger partial charge in [0.15, 0.2) is 6.29 Å². The molecule has 1 aromatic heterocycles. The number of piperidine rings is 1. The van der Waals surface area contributed by atoms with Gasteiger partial charge in [0.05, 0.1) is 17.6 Å². The van der Waals surface area contributed by atoms with Crippen LogP contribution in [0, 0.1) is 5.92 Å². The van der Waals surface area contributed by atoms with Crippen LogP contribution >= 0.6 is 0 Å². The Hall–Kier alpha value is -2.53. The number of methoxy groups -OCH3 is 1. The van der Waals surface area contributed by atoms with Gasteiger partial charge in [0, 0.05) is 59.8 Å². The van der Waals surface area contributed by atoms with Gasteiger partial charge in [-0.25, -0.2) is 4.79 Å². The number of imide groups is 1. The quantitative estimate of drug-likeness (QED) is 0.357. The van der Waals surface area contributed by atoms with Gasteiger partial charge in [0.2, 0.25) is 11.8 Å². The van der Waals surface area contributed by atoms with E-state index in [1.54, 1.807) is 18.7 Å². The van der Waals surface area contributed by atoms with Crippen LogP contribution < -0.4 is 11.0 Å². The van der Waals surface area contributed by atoms with Gasteiger partial charge in [-0.15, -0.1) is 0 Å². The number of aryl methyl sites for hydroxylation is 1. The smallest absolute Gasteiger partial charge is 0.329 e. The normalized spacial score (nSPS) is 22.5. The van der Waals surface area contributed by atoms with Gasteiger partial charge >= 0.3 is 5.69 Å². The van der Waals surface area contributed by atoms with E-state index in [-0.39, 0.29) is 24.3 Å². The third-order valence-electron chi connectivity index (χ3n) is 8.05. The van der Waals surface area contributed by atoms with Crippen LogP contribution in [-0.4, -0.2) is 90.0 Å². The van der Waals surface area contributed by atoms with Gasteiger partial charge < -0.3 is 14.4 Å². The molecule has 1 aliphatic carbocycles. The molecule has 10 heteroatoms. The number of nitrogens with zero attached hydrogens (tertiary/aromatic N) is 4. The fourth-order valence-electron chi connectivity index (χ4n) is 5.46. The number of aromatic nitrogens is 2. The maximum atomic E-state index is 13.0. The van der Waals surface area contributed by atoms with Crippen molar-refractivity contribution in [2.24, 2.45) is 13.0 Å². The Morgan fingerprint density at radius 2 is 1.78 bits per heavy atom. The maximum absolute atomic E-state index is 13.0. The Kier molecular flexibility index (Phi) is 8.09. The van der Waals surface area contributed by atoms with E-state index in [1.165, 1.54) is 17.4 Å². The molecule has 2 aliphatic heterocycles. The molecule has 0 radical (unpaired) electrons. The van der Waals surface area contributed by atoms with Crippen LogP contribution in [0.5, 0.6) is 0 Å². The molecule has 5 rings (SSSR count). The molecule has 10 nitrogen and oxygen atoms in total. The van der Waals surface area contributed by atoms with Crippen molar-refractivity contribution in [1.82, 2.24) is 24.3 Å². The number of benzene rings is 1. The largest absolute Gasteiger partial charge is 0.355 e. The number of hydrogen-bond donors (Lipinski definition) is 1. The lowest BCUT2D eigenvalue weighted by atomic mass is 10.1. The average molecular weight is 514 g/mol. The number of piperazine rings is 1. The second kappa shape index (κ2) is 11.5. The first kappa shape index (κ1) is 26.1. The lowest BCUT2D eigenvalue weighted by Crippen LogP contribution is -2.49. The first-order valence-electron chi connectivity index (χ1n) is 13.6. The molecule has 2 aromatic rings. The predicted octanol–water partition coefficient (Wildman–Crippen LogP) is 1.27. The van der Waals surface area contributed by atoms with Crippen LogP contribution in [-0.2, 0) is 32.5 Å². The van der Waals surface area contributed by atoms with E-state index in [9.17, 15) is 14.4 Å². The highest BCUT2D eigenvalue weighted by atomic mass is 16.7. The number of amides is 2. The fraction of sp³-hybridized carbons (Fsp3) is 0.667. The summed E-state index contributed by atoms with van der Waals surface area (Å²) in [6.45, 7) is 6.55. The minimum Gasteiger partial charge on any atom is -0.355 e. The molecule has 3 fully saturated rings. The molecule has 37 heavy (non-hydrogen) atoms. The van der Waals surface area contributed by atoms with Crippen LogP contribution in [0.3, 0.4) is 0 Å². The molecule has 0 spiro atoms. The molecule has 2 saturated heterocycles. The van der Waals surface area contributed by atoms with Gasteiger partial charge in [0.25, 0.3) is 0 Å². The standard InChI is InChI=1S/C27H39N5O5/c1-29-23-17-20(5-6-21(23)32(27(29)35)22-7-8-24(33)28-26(22)34)9-11-30-12-14-31(15-13-30)18-25(36-2)37-16-10-19-3-4-19/h5-6,17,19,22,25H,3-4,7-16,18H2,1-2H3,(H,28,33,34). The summed E-state index contributed by atoms with van der Waals surface area (Å²) in [5.41, 5.74) is 2.47. The van der Waals surface area contributed by atoms with E-state index >= 15 is 0 Å². The number of fused-ring (bicyclic) bond motifs is 1. The zero-order valence-electron chi connectivity index (χ0n) is 22.0. The van der Waals surface area contributed by atoms with Crippen molar-refractivity contribution in [2.75, 3.05) is 53.0 Å². The van der Waals surface area contributed by atoms with Gasteiger partial charge in [0.1, 0.15) is 6.04 Å². The molecule has 2 unspecified atom stereocenters. The number of imidazole rings is 1. The summed E-state index contributed by atoms with van der Waals surface area (Å²) in [7, 11) is 3.46. The summed E-state index contributed by atoms with van der Waals surface area (Å²) in [5, 5.41) is 2.36. The zero-order chi connectivity index (χ0) is 25.9. The summed E-state index contributed by atoms with van der Waals surface area (Å²) in [6, 6.07) is 5.37. The molecular formula is C27H39N5O5. The third-order valence-corrected chi connectivity index (χ3v) is 8.05. The third kappa shape index (κ3) is 6.14. The van der Waals surface area contributed by atoms with E-state index in [0.717, 1.165) is 81.2 Å². The van der Waals surface area contributed by atoms with E-state index < -0.39 is 11.9 Å². The van der Waals surface area contributed by atoms with Gasteiger partial charge in [-0.1, -0.05) is 18.9 Å². The van der Waals surface area contributed by atoms with E-state index in [2.05, 4.69) is 21.2 Å². The number of nitrogens with one attached hydrogen (secondary N) is 1. The molecule has 1 N–H and O–H groups in total. The van der Waals surface area contributed by atoms with Crippen molar-refractivity contribution in [3.05, 3.63) is 34.2 Å². The maximum Gasteiger partial charge on any atom is 0.329 e. The second-order valence-corrected chi connectivity index (χ2v) is 10.7. The molecule has 2 atom stereocenters. The van der Waals surface area contributed by atoms with E-state index in [0.29, 0.717) is 6.42 Å². The highest BCUT2D eigenvalue weighted by Gasteiger charge is 2.31. The molecule has 3 aliphatic rings. The first-order chi connectivity index (χ1) is 17.9. The average Bonchev–Trinajstić information content (AvgIpc) is 3.69. The Balaban J connectivity index is 1.14. The summed E-state index contributed by atoms with van der Waals surface area (Å²) in [5.74, 6) is 0.181. The van der Waals surface area contributed by atoms with Crippen molar-refractivity contribution < 1.29 is 19.1 Å². The summed E-state index contributed by atoms with van der Waals surface area (Å²) in [6.07, 6.45) is 5.16. The topological polar surface area (TPSA) is 98.0 Å². The summed E-state index contributed by atoms with van der Waals surface area (Å²) < 4.78 is 14.6. The Morgan fingerprint density at radius 1 is 1.03 bits per heavy atom. The molecule has 202 valence electrons. The summed E-state index contributed by atoms with van der Waals surface area (Å²) >= 11 is 0. The Bertz CT molecular complexity index is 1180. The van der Waals surface area contributed by atoms with Crippen LogP contribution in [0.1, 0.15) is 43.7 Å². The number of carbonyl (C=O) groups is 2. The Labute approximate surface area is 217 Å². The molecular weight excluding hydrogens is 474 g/mol. The molecule has 2 amide bonds. The molecule has 0 bridgehead atoms. The van der Waals surface area contributed by atoms with Gasteiger partial charge in [-0.05, 0) is 42.9 Å². The molecule has 3 heterocycles. The first-order valence-corrected chi connectivity index (χ1v) is 13.6. The van der Waals surface area contributed by atoms with Crippen molar-refractivity contribution in [3.8, 4) is 0 Å². The number of carbonyl (C=O) groups excluding carboxylic acids is 2. The summed E-state index contributed by atoms with van der Waals surface area (Å²) in [4.78, 5) is 41.8. The number of rotatable bonds is 11. The van der Waals surface area contributed by atoms with E-state index in [4.69, 9.17) is 9.47 Å². The van der Waals surface area contributed by atoms with E-state index in [1.807, 2.05) is 12.1 Å². The predicted molar refractivity (Wildman–Crippen MR) is 139 cm³/mol. The highest BCUT2D eigenvalue weighted by Crippen LogP contribution is 2.32. The zero-order valence-corrected chi connectivity index (χ0v) is 22.0. The van der Waals surface area contributed by atoms with Crippen molar-refractivity contribution in [1.29, 1.82) is 0 Å². The number of ether oxygens (including phenoxy) is 2. The fourth-order valence-corrected chi connectivity index (χ4v) is 5.46. The lowest BCUT2D eigenvalue weighted by molar-refractivity contribution is -0.139. The SMILES string of the molecule is COC(CN1CCN(CCc2ccc3c(c2)n(C)c(=O)n3C2CCC(=O)NC2=O)CC1)OCCC1CC1. The highest BCUT2D eigenvalue weighted by molar-refractivity contribution is 6.00. The number of hydrogen-bond acceptors (Lipinski definition) is 7. The van der Waals surface area contributed by atoms with Crippen LogP contribution in [0.15, 0.2) is 23.0 Å². The minimum atomic E-state index is -0.655. The lowest BCUT2D eigenvalue weighted by Gasteiger charge is -2.36. The van der Waals surface area contributed by atoms with Crippen molar-refractivity contribution in [3.63, 3.8) is 0 Å². The second-order valence-electron chi connectivity index (χ2n) is 10.7. The van der Waals surface area contributed by atoms with Crippen LogP contribution in [0.25, 0.3) is 11.0 Å². The Morgan fingerprint density at radius 3 is 2.49 bits per heavy atom. The van der Waals surface area contributed by atoms with Crippen LogP contribution in [0.2, 0.25) is 0 Å². The monoisotopic (exact) mass is 513 g/mol. The van der Waals surface area contributed by atoms with Crippen LogP contribution in [0.4, 0.5) is 0 Å². The van der Waals surface area contributed by atoms with Gasteiger partial charge in [-0.3, -0.25) is 28.9 Å². The minimum absolute atomic E-state index is 0.156.